The van der Waals surface area contributed by atoms with Crippen LogP contribution in [-0.2, 0) is 6.54 Å². The lowest BCUT2D eigenvalue weighted by atomic mass is 10.1. The molecule has 6 nitrogen and oxygen atoms in total. The molecule has 3 N–H and O–H groups in total. The van der Waals surface area contributed by atoms with E-state index in [1.165, 1.54) is 13.0 Å². The quantitative estimate of drug-likeness (QED) is 0.265. The number of likely N-dealkylation sites (tertiary alicyclic amines) is 1. The van der Waals surface area contributed by atoms with Gasteiger partial charge in [0.1, 0.15) is 11.4 Å². The first-order valence-corrected chi connectivity index (χ1v) is 11.4. The molecular formula is C22H37N5OS. The van der Waals surface area contributed by atoms with Crippen LogP contribution in [-0.4, -0.2) is 52.8 Å². The number of nitrogens with one attached hydrogen (secondary N) is 2. The van der Waals surface area contributed by atoms with Gasteiger partial charge in [-0.2, -0.15) is 12.6 Å². The number of pyridine rings is 1. The highest BCUT2D eigenvalue weighted by molar-refractivity contribution is 7.80. The van der Waals surface area contributed by atoms with E-state index in [9.17, 15) is 5.11 Å². The van der Waals surface area contributed by atoms with Crippen LogP contribution in [0.4, 0.5) is 0 Å². The topological polar surface area (TPSA) is 72.8 Å². The molecule has 0 bridgehead atoms. The van der Waals surface area contributed by atoms with Crippen LogP contribution in [0.5, 0.6) is 5.75 Å². The summed E-state index contributed by atoms with van der Waals surface area (Å²) in [5.74, 6) is 1.18. The van der Waals surface area contributed by atoms with E-state index in [0.29, 0.717) is 18.3 Å². The number of aliphatic imine (C=N–C) groups is 1. The van der Waals surface area contributed by atoms with Crippen molar-refractivity contribution in [2.24, 2.45) is 4.99 Å². The van der Waals surface area contributed by atoms with Gasteiger partial charge in [-0.05, 0) is 76.9 Å². The first-order valence-electron chi connectivity index (χ1n) is 10.7. The molecule has 2 rings (SSSR count). The minimum atomic E-state index is 0.225. The summed E-state index contributed by atoms with van der Waals surface area (Å²) >= 11 is 4.32. The molecule has 0 aliphatic carbocycles. The average molecular weight is 420 g/mol. The van der Waals surface area contributed by atoms with E-state index >= 15 is 0 Å². The van der Waals surface area contributed by atoms with Gasteiger partial charge in [-0.25, -0.2) is 0 Å². The Morgan fingerprint density at radius 2 is 2.21 bits per heavy atom. The van der Waals surface area contributed by atoms with Crippen molar-refractivity contribution in [3.05, 3.63) is 34.9 Å². The summed E-state index contributed by atoms with van der Waals surface area (Å²) < 4.78 is 0. The Bertz CT molecular complexity index is 692. The van der Waals surface area contributed by atoms with Gasteiger partial charge in [-0.15, -0.1) is 0 Å². The predicted octanol–water partition coefficient (Wildman–Crippen LogP) is 3.62. The summed E-state index contributed by atoms with van der Waals surface area (Å²) in [6.07, 6.45) is 7.34. The highest BCUT2D eigenvalue weighted by Gasteiger charge is 2.15. The van der Waals surface area contributed by atoms with E-state index < -0.39 is 0 Å². The van der Waals surface area contributed by atoms with Gasteiger partial charge in [-0.1, -0.05) is 6.92 Å². The number of hydrogen-bond acceptors (Lipinski definition) is 6. The molecule has 1 saturated heterocycles. The standard InChI is InChI=1S/C22H37N5OS/c1-4-20(23-15-21-22(28)9-8-17(2)26-21)18(3)24-16-25-19-7-5-11-27(13-10-19)12-6-14-29/h8-9,16,19,23,28-29H,4-7,10-15H2,1-3H3,(H,24,25)/b20-18-. The summed E-state index contributed by atoms with van der Waals surface area (Å²) in [4.78, 5) is 11.7. The zero-order valence-electron chi connectivity index (χ0n) is 18.1. The number of hydrogen-bond donors (Lipinski definition) is 4. The van der Waals surface area contributed by atoms with E-state index in [1.54, 1.807) is 6.07 Å². The molecule has 0 aromatic carbocycles. The van der Waals surface area contributed by atoms with Crippen LogP contribution < -0.4 is 10.6 Å². The van der Waals surface area contributed by atoms with Crippen molar-refractivity contribution in [1.82, 2.24) is 20.5 Å². The molecule has 0 amide bonds. The lowest BCUT2D eigenvalue weighted by Gasteiger charge is -2.18. The molecule has 7 heteroatoms. The van der Waals surface area contributed by atoms with Gasteiger partial charge < -0.3 is 20.6 Å². The normalized spacial score (nSPS) is 19.1. The molecule has 1 atom stereocenters. The maximum Gasteiger partial charge on any atom is 0.138 e. The fraction of sp³-hybridized carbons (Fsp3) is 0.636. The van der Waals surface area contributed by atoms with Gasteiger partial charge in [0.05, 0.1) is 18.9 Å². The molecule has 1 aliphatic rings. The molecule has 0 spiro atoms. The smallest absolute Gasteiger partial charge is 0.138 e. The van der Waals surface area contributed by atoms with E-state index in [2.05, 4.69) is 40.1 Å². The molecule has 29 heavy (non-hydrogen) atoms. The van der Waals surface area contributed by atoms with Crippen LogP contribution in [0.3, 0.4) is 0 Å². The van der Waals surface area contributed by atoms with Gasteiger partial charge in [0.2, 0.25) is 0 Å². The van der Waals surface area contributed by atoms with E-state index in [4.69, 9.17) is 4.99 Å². The first kappa shape index (κ1) is 23.5. The fourth-order valence-corrected chi connectivity index (χ4v) is 3.72. The summed E-state index contributed by atoms with van der Waals surface area (Å²) in [5, 5.41) is 16.7. The molecule has 0 saturated carbocycles. The molecule has 1 aromatic rings. The van der Waals surface area contributed by atoms with Crippen LogP contribution in [0.25, 0.3) is 0 Å². The van der Waals surface area contributed by atoms with Crippen LogP contribution in [0, 0.1) is 6.92 Å². The number of aromatic hydroxyl groups is 1. The summed E-state index contributed by atoms with van der Waals surface area (Å²) in [6, 6.07) is 3.90. The van der Waals surface area contributed by atoms with Crippen molar-refractivity contribution in [3.63, 3.8) is 0 Å². The van der Waals surface area contributed by atoms with Crippen LogP contribution >= 0.6 is 12.6 Å². The lowest BCUT2D eigenvalue weighted by Crippen LogP contribution is -2.26. The molecule has 0 radical (unpaired) electrons. The van der Waals surface area contributed by atoms with Gasteiger partial charge in [0, 0.05) is 23.6 Å². The lowest BCUT2D eigenvalue weighted by molar-refractivity contribution is 0.285. The molecule has 2 heterocycles. The summed E-state index contributed by atoms with van der Waals surface area (Å²) in [6.45, 7) is 10.0. The monoisotopic (exact) mass is 419 g/mol. The predicted molar refractivity (Wildman–Crippen MR) is 125 cm³/mol. The zero-order valence-corrected chi connectivity index (χ0v) is 19.0. The molecular weight excluding hydrogens is 382 g/mol. The second kappa shape index (κ2) is 12.8. The molecule has 1 aliphatic heterocycles. The van der Waals surface area contributed by atoms with E-state index in [-0.39, 0.29) is 5.75 Å². The van der Waals surface area contributed by atoms with Crippen molar-refractivity contribution >= 4 is 19.0 Å². The largest absolute Gasteiger partial charge is 0.506 e. The minimum Gasteiger partial charge on any atom is -0.506 e. The Morgan fingerprint density at radius 3 is 2.97 bits per heavy atom. The van der Waals surface area contributed by atoms with E-state index in [1.807, 2.05) is 26.3 Å². The number of aromatic nitrogens is 1. The van der Waals surface area contributed by atoms with Crippen molar-refractivity contribution in [3.8, 4) is 5.75 Å². The SMILES string of the molecule is CC/C(NCc1nc(C)ccc1O)=C(\C)NC=NC1CCCN(CCCS)CC1. The molecule has 1 fully saturated rings. The highest BCUT2D eigenvalue weighted by Crippen LogP contribution is 2.16. The maximum absolute atomic E-state index is 9.97. The summed E-state index contributed by atoms with van der Waals surface area (Å²) in [7, 11) is 0. The van der Waals surface area contributed by atoms with Crippen molar-refractivity contribution in [1.29, 1.82) is 0 Å². The Balaban J connectivity index is 1.85. The van der Waals surface area contributed by atoms with Gasteiger partial charge in [0.15, 0.2) is 0 Å². The number of nitrogens with zero attached hydrogens (tertiary/aromatic N) is 3. The second-order valence-electron chi connectivity index (χ2n) is 7.66. The Morgan fingerprint density at radius 1 is 1.38 bits per heavy atom. The van der Waals surface area contributed by atoms with Crippen LogP contribution in [0.15, 0.2) is 28.5 Å². The van der Waals surface area contributed by atoms with Crippen molar-refractivity contribution in [2.45, 2.75) is 65.5 Å². The Hall–Kier alpha value is -1.73. The third kappa shape index (κ3) is 8.26. The Kier molecular flexibility index (Phi) is 10.4. The van der Waals surface area contributed by atoms with Gasteiger partial charge >= 0.3 is 0 Å². The third-order valence-electron chi connectivity index (χ3n) is 5.35. The van der Waals surface area contributed by atoms with Crippen LogP contribution in [0.1, 0.15) is 57.3 Å². The number of allylic oxidation sites excluding steroid dienone is 2. The highest BCUT2D eigenvalue weighted by atomic mass is 32.1. The first-order chi connectivity index (χ1) is 14.0. The van der Waals surface area contributed by atoms with Crippen LogP contribution in [0.2, 0.25) is 0 Å². The van der Waals surface area contributed by atoms with Gasteiger partial charge in [0.25, 0.3) is 0 Å². The zero-order chi connectivity index (χ0) is 21.1. The molecule has 1 aromatic heterocycles. The maximum atomic E-state index is 9.97. The van der Waals surface area contributed by atoms with Crippen molar-refractivity contribution in [2.75, 3.05) is 25.4 Å². The Labute approximate surface area is 181 Å². The molecule has 1 unspecified atom stereocenters. The number of thiol groups is 1. The van der Waals surface area contributed by atoms with E-state index in [0.717, 1.165) is 61.6 Å². The van der Waals surface area contributed by atoms with Crippen molar-refractivity contribution < 1.29 is 5.11 Å². The second-order valence-corrected chi connectivity index (χ2v) is 8.10. The summed E-state index contributed by atoms with van der Waals surface area (Å²) in [5.41, 5.74) is 3.71. The van der Waals surface area contributed by atoms with Gasteiger partial charge in [-0.3, -0.25) is 9.98 Å². The molecule has 162 valence electrons. The minimum absolute atomic E-state index is 0.225. The number of aryl methyl sites for hydroxylation is 1. The average Bonchev–Trinajstić information content (AvgIpc) is 2.94. The number of rotatable bonds is 10. The fourth-order valence-electron chi connectivity index (χ4n) is 3.58. The third-order valence-corrected chi connectivity index (χ3v) is 5.67.